The van der Waals surface area contributed by atoms with Crippen molar-refractivity contribution in [2.75, 3.05) is 0 Å². The number of halogens is 6. The Bertz CT molecular complexity index is 644. The summed E-state index contributed by atoms with van der Waals surface area (Å²) in [6, 6.07) is 1.32. The predicted molar refractivity (Wildman–Crippen MR) is 61.1 cm³/mol. The summed E-state index contributed by atoms with van der Waals surface area (Å²) in [6.07, 6.45) is 0. The van der Waals surface area contributed by atoms with Gasteiger partial charge in [0.1, 0.15) is 0 Å². The summed E-state index contributed by atoms with van der Waals surface area (Å²) in [7, 11) is 0. The Hall–Kier alpha value is -1.98. The van der Waals surface area contributed by atoms with Crippen LogP contribution in [0, 0.1) is 48.8 Å². The molecule has 6 heteroatoms. The normalized spacial score (nSPS) is 11.0. The lowest BCUT2D eigenvalue weighted by Crippen LogP contribution is -2.04. The molecule has 0 heterocycles. The summed E-state index contributed by atoms with van der Waals surface area (Å²) in [4.78, 5) is 0. The molecule has 0 amide bonds. The van der Waals surface area contributed by atoms with Gasteiger partial charge in [0.25, 0.3) is 0 Å². The van der Waals surface area contributed by atoms with Crippen LogP contribution in [-0.2, 0) is 0 Å². The molecule has 106 valence electrons. The molecule has 0 N–H and O–H groups in total. The minimum atomic E-state index is -1.80. The van der Waals surface area contributed by atoms with E-state index in [2.05, 4.69) is 0 Å². The molecule has 0 atom stereocenters. The molecule has 0 saturated heterocycles. The molecule has 20 heavy (non-hydrogen) atoms. The fourth-order valence-corrected chi connectivity index (χ4v) is 2.04. The second kappa shape index (κ2) is 4.85. The van der Waals surface area contributed by atoms with E-state index in [4.69, 9.17) is 0 Å². The van der Waals surface area contributed by atoms with Gasteiger partial charge in [-0.25, -0.2) is 26.3 Å². The quantitative estimate of drug-likeness (QED) is 0.522. The highest BCUT2D eigenvalue weighted by molar-refractivity contribution is 5.72. The molecular formula is C14H8F6. The molecule has 0 radical (unpaired) electrons. The lowest BCUT2D eigenvalue weighted by atomic mass is 9.94. The van der Waals surface area contributed by atoms with E-state index in [1.807, 2.05) is 0 Å². The van der Waals surface area contributed by atoms with Crippen molar-refractivity contribution in [1.82, 2.24) is 0 Å². The number of hydrogen-bond acceptors (Lipinski definition) is 0. The van der Waals surface area contributed by atoms with Crippen molar-refractivity contribution in [3.63, 3.8) is 0 Å². The molecule has 0 aliphatic carbocycles. The number of rotatable bonds is 1. The number of benzene rings is 2. The van der Waals surface area contributed by atoms with Gasteiger partial charge in [-0.3, -0.25) is 0 Å². The van der Waals surface area contributed by atoms with Gasteiger partial charge in [-0.1, -0.05) is 0 Å². The standard InChI is InChI=1S/C14H8F6/c1-5-3-7(15)11(17)13(19)9(5)10-6(2)4-8(16)12(18)14(10)20/h3-4H,1-2H3. The highest BCUT2D eigenvalue weighted by Gasteiger charge is 2.25. The van der Waals surface area contributed by atoms with Crippen LogP contribution < -0.4 is 0 Å². The zero-order valence-electron chi connectivity index (χ0n) is 10.4. The van der Waals surface area contributed by atoms with Crippen molar-refractivity contribution in [3.05, 3.63) is 58.2 Å². The number of hydrogen-bond donors (Lipinski definition) is 0. The van der Waals surface area contributed by atoms with Crippen LogP contribution in [0.2, 0.25) is 0 Å². The Balaban J connectivity index is 2.90. The highest BCUT2D eigenvalue weighted by Crippen LogP contribution is 2.35. The molecule has 2 aromatic rings. The minimum Gasteiger partial charge on any atom is -0.204 e. The van der Waals surface area contributed by atoms with Crippen LogP contribution in [0.5, 0.6) is 0 Å². The molecule has 0 nitrogen and oxygen atoms in total. The van der Waals surface area contributed by atoms with Gasteiger partial charge < -0.3 is 0 Å². The second-order valence-electron chi connectivity index (χ2n) is 4.36. The lowest BCUT2D eigenvalue weighted by Gasteiger charge is -2.13. The van der Waals surface area contributed by atoms with Crippen LogP contribution in [0.4, 0.5) is 26.3 Å². The third-order valence-electron chi connectivity index (χ3n) is 2.97. The largest absolute Gasteiger partial charge is 0.204 e. The fraction of sp³-hybridized carbons (Fsp3) is 0.143. The second-order valence-corrected chi connectivity index (χ2v) is 4.36. The van der Waals surface area contributed by atoms with Gasteiger partial charge in [0.2, 0.25) is 0 Å². The Kier molecular flexibility index (Phi) is 3.50. The smallest absolute Gasteiger partial charge is 0.195 e. The van der Waals surface area contributed by atoms with Gasteiger partial charge >= 0.3 is 0 Å². The van der Waals surface area contributed by atoms with Crippen molar-refractivity contribution < 1.29 is 26.3 Å². The Morgan fingerprint density at radius 3 is 1.15 bits per heavy atom. The van der Waals surface area contributed by atoms with Crippen molar-refractivity contribution in [1.29, 1.82) is 0 Å². The van der Waals surface area contributed by atoms with Crippen molar-refractivity contribution in [2.24, 2.45) is 0 Å². The van der Waals surface area contributed by atoms with E-state index in [9.17, 15) is 26.3 Å². The van der Waals surface area contributed by atoms with Crippen molar-refractivity contribution in [2.45, 2.75) is 13.8 Å². The average molecular weight is 290 g/mol. The molecule has 0 saturated carbocycles. The first-order valence-electron chi connectivity index (χ1n) is 5.54. The SMILES string of the molecule is Cc1cc(F)c(F)c(F)c1-c1c(C)cc(F)c(F)c1F. The van der Waals surface area contributed by atoms with Crippen LogP contribution in [-0.4, -0.2) is 0 Å². The number of aryl methyl sites for hydroxylation is 2. The first kappa shape index (κ1) is 14.4. The molecule has 2 aromatic carbocycles. The highest BCUT2D eigenvalue weighted by atomic mass is 19.2. The van der Waals surface area contributed by atoms with Crippen molar-refractivity contribution >= 4 is 0 Å². The minimum absolute atomic E-state index is 0.130. The van der Waals surface area contributed by atoms with Crippen LogP contribution in [0.3, 0.4) is 0 Å². The molecule has 0 aliphatic rings. The molecule has 0 spiro atoms. The van der Waals surface area contributed by atoms with Crippen LogP contribution in [0.25, 0.3) is 11.1 Å². The maximum absolute atomic E-state index is 13.8. The molecule has 2 rings (SSSR count). The van der Waals surface area contributed by atoms with E-state index in [0.29, 0.717) is 12.1 Å². The van der Waals surface area contributed by atoms with E-state index in [0.717, 1.165) is 0 Å². The third kappa shape index (κ3) is 2.05. The Labute approximate surface area is 110 Å². The van der Waals surface area contributed by atoms with Gasteiger partial charge in [-0.2, -0.15) is 0 Å². The molecule has 0 aliphatic heterocycles. The van der Waals surface area contributed by atoms with E-state index in [-0.39, 0.29) is 11.1 Å². The van der Waals surface area contributed by atoms with Gasteiger partial charge in [-0.15, -0.1) is 0 Å². The summed E-state index contributed by atoms with van der Waals surface area (Å²) in [5.41, 5.74) is -1.51. The summed E-state index contributed by atoms with van der Waals surface area (Å²) in [5.74, 6) is -9.76. The molecule has 0 bridgehead atoms. The van der Waals surface area contributed by atoms with Crippen molar-refractivity contribution in [3.8, 4) is 11.1 Å². The van der Waals surface area contributed by atoms with Gasteiger partial charge in [-0.05, 0) is 37.1 Å². The maximum atomic E-state index is 13.8. The average Bonchev–Trinajstić information content (AvgIpc) is 2.37. The van der Waals surface area contributed by atoms with E-state index in [1.54, 1.807) is 0 Å². The van der Waals surface area contributed by atoms with Crippen LogP contribution in [0.15, 0.2) is 12.1 Å². The molecule has 0 aromatic heterocycles. The Morgan fingerprint density at radius 2 is 0.850 bits per heavy atom. The zero-order chi connectivity index (χ0) is 15.2. The Morgan fingerprint density at radius 1 is 0.550 bits per heavy atom. The van der Waals surface area contributed by atoms with Crippen LogP contribution >= 0.6 is 0 Å². The van der Waals surface area contributed by atoms with Gasteiger partial charge in [0, 0.05) is 11.1 Å². The predicted octanol–water partition coefficient (Wildman–Crippen LogP) is 4.81. The lowest BCUT2D eigenvalue weighted by molar-refractivity contribution is 0.440. The van der Waals surface area contributed by atoms with Gasteiger partial charge in [0.05, 0.1) is 0 Å². The topological polar surface area (TPSA) is 0 Å². The monoisotopic (exact) mass is 290 g/mol. The first-order chi connectivity index (χ1) is 9.25. The summed E-state index contributed by atoms with van der Waals surface area (Å²) < 4.78 is 80.2. The van der Waals surface area contributed by atoms with Gasteiger partial charge in [0.15, 0.2) is 34.9 Å². The van der Waals surface area contributed by atoms with E-state index in [1.165, 1.54) is 13.8 Å². The van der Waals surface area contributed by atoms with E-state index < -0.39 is 46.0 Å². The molecule has 0 unspecified atom stereocenters. The van der Waals surface area contributed by atoms with E-state index >= 15 is 0 Å². The first-order valence-corrected chi connectivity index (χ1v) is 5.54. The maximum Gasteiger partial charge on any atom is 0.195 e. The molecular weight excluding hydrogens is 282 g/mol. The zero-order valence-corrected chi connectivity index (χ0v) is 10.4. The van der Waals surface area contributed by atoms with Crippen LogP contribution in [0.1, 0.15) is 11.1 Å². The third-order valence-corrected chi connectivity index (χ3v) is 2.97. The molecule has 0 fully saturated rings. The fourth-order valence-electron chi connectivity index (χ4n) is 2.04. The summed E-state index contributed by atoms with van der Waals surface area (Å²) in [6.45, 7) is 2.42. The summed E-state index contributed by atoms with van der Waals surface area (Å²) >= 11 is 0. The summed E-state index contributed by atoms with van der Waals surface area (Å²) in [5, 5.41) is 0.